The van der Waals surface area contributed by atoms with Crippen LogP contribution < -0.4 is 9.47 Å². The number of hydrogen-bond acceptors (Lipinski definition) is 4. The number of allylic oxidation sites excluding steroid dienone is 4. The lowest BCUT2D eigenvalue weighted by Crippen LogP contribution is -2.30. The summed E-state index contributed by atoms with van der Waals surface area (Å²) in [6.45, 7) is 7.59. The lowest BCUT2D eigenvalue weighted by molar-refractivity contribution is 0.110. The third-order valence-electron chi connectivity index (χ3n) is 7.33. The van der Waals surface area contributed by atoms with Crippen molar-refractivity contribution in [3.63, 3.8) is 0 Å². The predicted octanol–water partition coefficient (Wildman–Crippen LogP) is 8.45. The van der Waals surface area contributed by atoms with Crippen LogP contribution >= 0.6 is 31.9 Å². The molecule has 2 aliphatic carbocycles. The van der Waals surface area contributed by atoms with Gasteiger partial charge in [-0.3, -0.25) is 0 Å². The lowest BCUT2D eigenvalue weighted by Gasteiger charge is -2.36. The average molecular weight is 654 g/mol. The molecular weight excluding hydrogens is 620 g/mol. The molecule has 0 bridgehead atoms. The molecule has 6 heteroatoms. The lowest BCUT2D eigenvalue weighted by atomic mass is 9.66. The molecule has 0 saturated heterocycles. The zero-order valence-corrected chi connectivity index (χ0v) is 25.6. The van der Waals surface area contributed by atoms with Gasteiger partial charge in [0.1, 0.15) is 24.7 Å². The largest absolute Gasteiger partial charge is 0.491 e. The van der Waals surface area contributed by atoms with Crippen molar-refractivity contribution in [2.75, 3.05) is 39.6 Å². The number of fused-ring (bicyclic) bond motifs is 2. The highest BCUT2D eigenvalue weighted by molar-refractivity contribution is 9.11. The van der Waals surface area contributed by atoms with E-state index in [2.05, 4.69) is 105 Å². The summed E-state index contributed by atoms with van der Waals surface area (Å²) in [6, 6.07) is 23.8. The summed E-state index contributed by atoms with van der Waals surface area (Å²) in [5.74, 6) is 1.68. The first-order chi connectivity index (χ1) is 19.1. The highest BCUT2D eigenvalue weighted by Crippen LogP contribution is 2.58. The van der Waals surface area contributed by atoms with Crippen molar-refractivity contribution in [2.24, 2.45) is 0 Å². The maximum atomic E-state index is 5.96. The maximum Gasteiger partial charge on any atom is 0.119 e. The van der Waals surface area contributed by atoms with Gasteiger partial charge in [0, 0.05) is 17.7 Å². The first kappa shape index (κ1) is 28.2. The maximum absolute atomic E-state index is 5.96. The van der Waals surface area contributed by atoms with Crippen molar-refractivity contribution >= 4 is 37.4 Å². The molecule has 4 nitrogen and oxygen atoms in total. The highest BCUT2D eigenvalue weighted by Gasteiger charge is 2.47. The highest BCUT2D eigenvalue weighted by atomic mass is 79.9. The van der Waals surface area contributed by atoms with Crippen molar-refractivity contribution in [1.29, 1.82) is 0 Å². The fourth-order valence-corrected chi connectivity index (χ4v) is 6.45. The topological polar surface area (TPSA) is 36.9 Å². The fourth-order valence-electron chi connectivity index (χ4n) is 5.66. The predicted molar refractivity (Wildman–Crippen MR) is 164 cm³/mol. The Kier molecular flexibility index (Phi) is 9.28. The first-order valence-electron chi connectivity index (χ1n) is 13.6. The minimum absolute atomic E-state index is 0.471. The zero-order valence-electron chi connectivity index (χ0n) is 22.5. The van der Waals surface area contributed by atoms with Crippen LogP contribution in [0.25, 0.3) is 5.57 Å². The quantitative estimate of drug-likeness (QED) is 0.184. The van der Waals surface area contributed by atoms with Gasteiger partial charge in [-0.15, -0.1) is 0 Å². The molecule has 0 aliphatic heterocycles. The Balaban J connectivity index is 1.60. The molecule has 0 spiro atoms. The van der Waals surface area contributed by atoms with Crippen LogP contribution in [0.3, 0.4) is 0 Å². The van der Waals surface area contributed by atoms with Crippen molar-refractivity contribution < 1.29 is 18.9 Å². The van der Waals surface area contributed by atoms with Gasteiger partial charge < -0.3 is 18.9 Å². The molecule has 0 radical (unpaired) electrons. The molecule has 0 amide bonds. The van der Waals surface area contributed by atoms with Gasteiger partial charge in [0.15, 0.2) is 0 Å². The zero-order chi connectivity index (χ0) is 27.2. The van der Waals surface area contributed by atoms with E-state index < -0.39 is 5.41 Å². The number of halogens is 2. The smallest absolute Gasteiger partial charge is 0.119 e. The van der Waals surface area contributed by atoms with Crippen molar-refractivity contribution in [3.8, 4) is 11.5 Å². The molecule has 0 atom stereocenters. The van der Waals surface area contributed by atoms with Crippen LogP contribution in [0.2, 0.25) is 0 Å². The van der Waals surface area contributed by atoms with Gasteiger partial charge in [0.05, 0.1) is 18.6 Å². The Morgan fingerprint density at radius 2 is 1.26 bits per heavy atom. The van der Waals surface area contributed by atoms with Crippen LogP contribution in [-0.4, -0.2) is 39.6 Å². The van der Waals surface area contributed by atoms with Crippen LogP contribution in [0.5, 0.6) is 11.5 Å². The van der Waals surface area contributed by atoms with Crippen molar-refractivity contribution in [3.05, 3.63) is 110 Å². The van der Waals surface area contributed by atoms with E-state index in [9.17, 15) is 0 Å². The second-order valence-electron chi connectivity index (χ2n) is 9.56. The van der Waals surface area contributed by atoms with Crippen LogP contribution in [0.4, 0.5) is 0 Å². The number of rotatable bonds is 12. The third-order valence-corrected chi connectivity index (χ3v) is 8.45. The Bertz CT molecular complexity index is 1290. The van der Waals surface area contributed by atoms with E-state index in [0.29, 0.717) is 39.6 Å². The molecule has 3 aromatic carbocycles. The van der Waals surface area contributed by atoms with Crippen molar-refractivity contribution in [2.45, 2.75) is 32.1 Å². The summed E-state index contributed by atoms with van der Waals surface area (Å²) in [6.07, 6.45) is 4.34. The summed E-state index contributed by atoms with van der Waals surface area (Å²) in [4.78, 5) is 0. The molecule has 0 aromatic heterocycles. The molecule has 5 rings (SSSR count). The fraction of sp³-hybridized carbons (Fsp3) is 0.333. The molecule has 0 heterocycles. The number of benzene rings is 3. The van der Waals surface area contributed by atoms with E-state index in [0.717, 1.165) is 28.8 Å². The van der Waals surface area contributed by atoms with Crippen LogP contribution in [0.1, 0.15) is 48.9 Å². The second kappa shape index (κ2) is 12.9. The molecule has 0 N–H and O–H groups in total. The van der Waals surface area contributed by atoms with E-state index in [-0.39, 0.29) is 0 Å². The van der Waals surface area contributed by atoms with E-state index in [1.54, 1.807) is 0 Å². The summed E-state index contributed by atoms with van der Waals surface area (Å²) in [7, 11) is 0. The molecule has 3 aromatic rings. The van der Waals surface area contributed by atoms with Gasteiger partial charge in [0.2, 0.25) is 0 Å². The third kappa shape index (κ3) is 5.76. The van der Waals surface area contributed by atoms with Gasteiger partial charge in [-0.25, -0.2) is 0 Å². The molecular formula is C33H34Br2O4. The van der Waals surface area contributed by atoms with Crippen LogP contribution in [-0.2, 0) is 14.9 Å². The monoisotopic (exact) mass is 652 g/mol. The van der Waals surface area contributed by atoms with Crippen LogP contribution in [0, 0.1) is 0 Å². The normalized spacial score (nSPS) is 15.5. The van der Waals surface area contributed by atoms with E-state index in [1.807, 2.05) is 13.8 Å². The summed E-state index contributed by atoms with van der Waals surface area (Å²) >= 11 is 7.61. The minimum atomic E-state index is -0.471. The standard InChI is InChI=1S/C33H34Br2O4/c1-3-36-17-19-38-27-11-5-23(6-12-27)33(24-7-13-28(14-8-24)39-20-18-37-4-2)31-21-25(34)9-15-29(31)30-16-10-26(35)22-32(30)33/h5-9,11-15,21-22H,3-4,10,16-20H2,1-2H3. The second-order valence-corrected chi connectivity index (χ2v) is 11.5. The Labute approximate surface area is 248 Å². The van der Waals surface area contributed by atoms with Gasteiger partial charge in [-0.05, 0) is 107 Å². The van der Waals surface area contributed by atoms with Gasteiger partial charge >= 0.3 is 0 Å². The average Bonchev–Trinajstić information content (AvgIpc) is 3.23. The van der Waals surface area contributed by atoms with E-state index in [1.165, 1.54) is 37.9 Å². The first-order valence-corrected chi connectivity index (χ1v) is 15.2. The van der Waals surface area contributed by atoms with E-state index >= 15 is 0 Å². The number of hydrogen-bond donors (Lipinski definition) is 0. The summed E-state index contributed by atoms with van der Waals surface area (Å²) in [5, 5.41) is 0. The Morgan fingerprint density at radius 1 is 0.692 bits per heavy atom. The Hall–Kier alpha value is -2.38. The molecule has 39 heavy (non-hydrogen) atoms. The van der Waals surface area contributed by atoms with Gasteiger partial charge in [-0.2, -0.15) is 0 Å². The van der Waals surface area contributed by atoms with Crippen LogP contribution in [0.15, 0.2) is 87.3 Å². The molecule has 0 unspecified atom stereocenters. The molecule has 0 fully saturated rings. The molecule has 204 valence electrons. The van der Waals surface area contributed by atoms with Gasteiger partial charge in [0.25, 0.3) is 0 Å². The van der Waals surface area contributed by atoms with Crippen molar-refractivity contribution in [1.82, 2.24) is 0 Å². The minimum Gasteiger partial charge on any atom is -0.491 e. The van der Waals surface area contributed by atoms with Gasteiger partial charge in [-0.1, -0.05) is 62.2 Å². The SMILES string of the molecule is CCOCCOc1ccc(C2(c3ccc(OCCOCC)cc3)C3=C(CCC(Br)=C3)c3ccc(Br)cc32)cc1. The summed E-state index contributed by atoms with van der Waals surface area (Å²) < 4.78 is 25.1. The van der Waals surface area contributed by atoms with E-state index in [4.69, 9.17) is 18.9 Å². The number of ether oxygens (including phenoxy) is 4. The molecule has 0 saturated carbocycles. The summed E-state index contributed by atoms with van der Waals surface area (Å²) in [5.41, 5.74) is 7.27. The Morgan fingerprint density at radius 3 is 1.79 bits per heavy atom. The molecule has 2 aliphatic rings.